The minimum Gasteiger partial charge on any atom is -0.497 e. The normalized spacial score (nSPS) is 17.0. The van der Waals surface area contributed by atoms with Crippen molar-refractivity contribution in [3.05, 3.63) is 30.0 Å². The highest BCUT2D eigenvalue weighted by Gasteiger charge is 2.25. The molecule has 25 heavy (non-hydrogen) atoms. The van der Waals surface area contributed by atoms with Crippen molar-refractivity contribution in [2.45, 2.75) is 45.1 Å². The van der Waals surface area contributed by atoms with Crippen molar-refractivity contribution in [3.63, 3.8) is 0 Å². The molecule has 0 atom stereocenters. The lowest BCUT2D eigenvalue weighted by Gasteiger charge is -2.32. The van der Waals surface area contributed by atoms with Gasteiger partial charge in [-0.05, 0) is 76.4 Å². The topological polar surface area (TPSA) is 54.6 Å². The Morgan fingerprint density at radius 1 is 1.28 bits per heavy atom. The summed E-state index contributed by atoms with van der Waals surface area (Å²) in [5, 5.41) is 1.24. The van der Waals surface area contributed by atoms with E-state index in [0.29, 0.717) is 12.5 Å². The number of piperidine rings is 1. The first-order chi connectivity index (χ1) is 11.9. The molecule has 5 heteroatoms. The highest BCUT2D eigenvalue weighted by Crippen LogP contribution is 2.34. The van der Waals surface area contributed by atoms with Crippen molar-refractivity contribution in [1.82, 2.24) is 9.88 Å². The van der Waals surface area contributed by atoms with Crippen molar-refractivity contribution >= 4 is 16.9 Å². The number of carbonyl (C=O) groups is 1. The number of methoxy groups -OCH3 is 1. The highest BCUT2D eigenvalue weighted by atomic mass is 16.6. The molecule has 0 amide bonds. The van der Waals surface area contributed by atoms with Crippen molar-refractivity contribution in [2.24, 2.45) is 0 Å². The second-order valence-electron chi connectivity index (χ2n) is 7.79. The fraction of sp³-hybridized carbons (Fsp3) is 0.550. The van der Waals surface area contributed by atoms with Crippen LogP contribution in [0.1, 0.15) is 45.1 Å². The summed E-state index contributed by atoms with van der Waals surface area (Å²) in [6, 6.07) is 6.15. The molecule has 0 spiro atoms. The zero-order valence-electron chi connectivity index (χ0n) is 15.6. The van der Waals surface area contributed by atoms with Crippen molar-refractivity contribution in [2.75, 3.05) is 26.7 Å². The quantitative estimate of drug-likeness (QED) is 0.859. The molecule has 2 heterocycles. The maximum absolute atomic E-state index is 12.0. The smallest absolute Gasteiger partial charge is 0.320 e. The first-order valence-corrected chi connectivity index (χ1v) is 8.95. The summed E-state index contributed by atoms with van der Waals surface area (Å²) in [6.45, 7) is 7.93. The fourth-order valence-electron chi connectivity index (χ4n) is 3.54. The van der Waals surface area contributed by atoms with Gasteiger partial charge in [-0.3, -0.25) is 9.69 Å². The molecule has 0 aliphatic carbocycles. The van der Waals surface area contributed by atoms with Crippen LogP contribution in [0, 0.1) is 0 Å². The van der Waals surface area contributed by atoms with E-state index >= 15 is 0 Å². The summed E-state index contributed by atoms with van der Waals surface area (Å²) < 4.78 is 10.8. The van der Waals surface area contributed by atoms with Gasteiger partial charge in [0.25, 0.3) is 0 Å². The number of hydrogen-bond acceptors (Lipinski definition) is 4. The molecule has 3 rings (SSSR count). The molecule has 136 valence electrons. The third-order valence-electron chi connectivity index (χ3n) is 4.72. The Morgan fingerprint density at radius 3 is 2.64 bits per heavy atom. The van der Waals surface area contributed by atoms with Crippen LogP contribution in [0.2, 0.25) is 0 Å². The Morgan fingerprint density at radius 2 is 2.00 bits per heavy atom. The van der Waals surface area contributed by atoms with Gasteiger partial charge >= 0.3 is 5.97 Å². The Bertz CT molecular complexity index is 737. The van der Waals surface area contributed by atoms with Crippen LogP contribution in [-0.4, -0.2) is 48.2 Å². The van der Waals surface area contributed by atoms with E-state index in [0.717, 1.165) is 37.2 Å². The zero-order chi connectivity index (χ0) is 18.0. The number of esters is 1. The van der Waals surface area contributed by atoms with Gasteiger partial charge in [-0.25, -0.2) is 0 Å². The van der Waals surface area contributed by atoms with Crippen molar-refractivity contribution in [1.29, 1.82) is 0 Å². The first kappa shape index (κ1) is 17.8. The van der Waals surface area contributed by atoms with Crippen LogP contribution in [0.5, 0.6) is 5.75 Å². The number of carbonyl (C=O) groups excluding carboxylic acids is 1. The van der Waals surface area contributed by atoms with Gasteiger partial charge in [-0.2, -0.15) is 0 Å². The van der Waals surface area contributed by atoms with E-state index in [4.69, 9.17) is 9.47 Å². The van der Waals surface area contributed by atoms with Gasteiger partial charge in [0.15, 0.2) is 0 Å². The molecule has 1 saturated heterocycles. The Hall–Kier alpha value is -2.01. The molecule has 1 aliphatic heterocycles. The van der Waals surface area contributed by atoms with Crippen LogP contribution >= 0.6 is 0 Å². The van der Waals surface area contributed by atoms with Gasteiger partial charge in [0.1, 0.15) is 11.4 Å². The lowest BCUT2D eigenvalue weighted by atomic mass is 9.89. The average molecular weight is 344 g/mol. The summed E-state index contributed by atoms with van der Waals surface area (Å²) >= 11 is 0. The van der Waals surface area contributed by atoms with Crippen molar-refractivity contribution < 1.29 is 14.3 Å². The highest BCUT2D eigenvalue weighted by molar-refractivity contribution is 5.85. The summed E-state index contributed by atoms with van der Waals surface area (Å²) in [7, 11) is 1.70. The number of aromatic amines is 1. The van der Waals surface area contributed by atoms with Gasteiger partial charge in [0.2, 0.25) is 0 Å². The standard InChI is InChI=1S/C20H28N2O3/c1-20(2,3)25-19(23)13-22-9-7-14(8-10-22)17-12-21-18-6-5-15(24-4)11-16(17)18/h5-6,11-12,14,21H,7-10,13H2,1-4H3. The van der Waals surface area contributed by atoms with Gasteiger partial charge in [0, 0.05) is 17.1 Å². The van der Waals surface area contributed by atoms with E-state index in [-0.39, 0.29) is 5.97 Å². The second kappa shape index (κ2) is 7.08. The van der Waals surface area contributed by atoms with E-state index in [1.54, 1.807) is 7.11 Å². The number of nitrogens with zero attached hydrogens (tertiary/aromatic N) is 1. The molecule has 1 N–H and O–H groups in total. The molecule has 1 aromatic carbocycles. The summed E-state index contributed by atoms with van der Waals surface area (Å²) in [4.78, 5) is 17.6. The third kappa shape index (κ3) is 4.34. The minimum atomic E-state index is -0.418. The summed E-state index contributed by atoms with van der Waals surface area (Å²) in [5.74, 6) is 1.26. The van der Waals surface area contributed by atoms with Crippen molar-refractivity contribution in [3.8, 4) is 5.75 Å². The van der Waals surface area contributed by atoms with Crippen LogP contribution in [0.4, 0.5) is 0 Å². The minimum absolute atomic E-state index is 0.136. The van der Waals surface area contributed by atoms with Crippen LogP contribution in [0.3, 0.4) is 0 Å². The molecule has 1 fully saturated rings. The number of hydrogen-bond donors (Lipinski definition) is 1. The van der Waals surface area contributed by atoms with Crippen LogP contribution in [0.25, 0.3) is 10.9 Å². The van der Waals surface area contributed by atoms with Gasteiger partial charge in [-0.15, -0.1) is 0 Å². The number of ether oxygens (including phenoxy) is 2. The molecule has 0 radical (unpaired) electrons. The SMILES string of the molecule is COc1ccc2[nH]cc(C3CCN(CC(=O)OC(C)(C)C)CC3)c2c1. The molecule has 5 nitrogen and oxygen atoms in total. The first-order valence-electron chi connectivity index (χ1n) is 8.95. The maximum atomic E-state index is 12.0. The second-order valence-corrected chi connectivity index (χ2v) is 7.79. The Labute approximate surface area is 149 Å². The van der Waals surface area contributed by atoms with Crippen LogP contribution < -0.4 is 4.74 Å². The number of likely N-dealkylation sites (tertiary alicyclic amines) is 1. The van der Waals surface area contributed by atoms with Gasteiger partial charge in [-0.1, -0.05) is 0 Å². The summed E-state index contributed by atoms with van der Waals surface area (Å²) in [5.41, 5.74) is 2.08. The fourth-order valence-corrected chi connectivity index (χ4v) is 3.54. The Balaban J connectivity index is 1.62. The number of H-pyrrole nitrogens is 1. The molecule has 0 unspecified atom stereocenters. The predicted molar refractivity (Wildman–Crippen MR) is 99.1 cm³/mol. The molecule has 0 bridgehead atoms. The number of aromatic nitrogens is 1. The van der Waals surface area contributed by atoms with E-state index < -0.39 is 5.60 Å². The van der Waals surface area contributed by atoms with Crippen LogP contribution in [0.15, 0.2) is 24.4 Å². The average Bonchev–Trinajstić information content (AvgIpc) is 2.96. The number of nitrogens with one attached hydrogen (secondary N) is 1. The molecule has 1 aliphatic rings. The number of fused-ring (bicyclic) bond motifs is 1. The lowest BCUT2D eigenvalue weighted by molar-refractivity contribution is -0.156. The van der Waals surface area contributed by atoms with Gasteiger partial charge in [0.05, 0.1) is 13.7 Å². The maximum Gasteiger partial charge on any atom is 0.320 e. The van der Waals surface area contributed by atoms with Gasteiger partial charge < -0.3 is 14.5 Å². The molecular formula is C20H28N2O3. The van der Waals surface area contributed by atoms with E-state index in [1.165, 1.54) is 10.9 Å². The van der Waals surface area contributed by atoms with Crippen LogP contribution in [-0.2, 0) is 9.53 Å². The summed E-state index contributed by atoms with van der Waals surface area (Å²) in [6.07, 6.45) is 4.22. The lowest BCUT2D eigenvalue weighted by Crippen LogP contribution is -2.39. The Kier molecular flexibility index (Phi) is 5.04. The molecular weight excluding hydrogens is 316 g/mol. The molecule has 0 saturated carbocycles. The monoisotopic (exact) mass is 344 g/mol. The van der Waals surface area contributed by atoms with E-state index in [2.05, 4.69) is 28.2 Å². The third-order valence-corrected chi connectivity index (χ3v) is 4.72. The molecule has 1 aromatic heterocycles. The van der Waals surface area contributed by atoms with E-state index in [1.807, 2.05) is 26.8 Å². The largest absolute Gasteiger partial charge is 0.497 e. The number of rotatable bonds is 4. The number of benzene rings is 1. The zero-order valence-corrected chi connectivity index (χ0v) is 15.6. The van der Waals surface area contributed by atoms with E-state index in [9.17, 15) is 4.79 Å². The molecule has 2 aromatic rings. The predicted octanol–water partition coefficient (Wildman–Crippen LogP) is 3.70.